The van der Waals surface area contributed by atoms with Gasteiger partial charge in [-0.3, -0.25) is 47.9 Å². The van der Waals surface area contributed by atoms with Gasteiger partial charge in [-0.25, -0.2) is 4.79 Å². The van der Waals surface area contributed by atoms with E-state index in [1.54, 1.807) is 88.4 Å². The lowest BCUT2D eigenvalue weighted by atomic mass is 10.00. The Morgan fingerprint density at radius 2 is 1.04 bits per heavy atom. The van der Waals surface area contributed by atoms with Crippen LogP contribution >= 0.6 is 0 Å². The van der Waals surface area contributed by atoms with Gasteiger partial charge < -0.3 is 74.0 Å². The number of rotatable bonds is 29. The maximum Gasteiger partial charge on any atom is 0.326 e. The summed E-state index contributed by atoms with van der Waals surface area (Å²) in [4.78, 5) is 147. The van der Waals surface area contributed by atoms with Crippen LogP contribution in [0.1, 0.15) is 70.9 Å². The normalized spacial score (nSPS) is 16.5. The first-order valence-corrected chi connectivity index (χ1v) is 23.7. The molecule has 73 heavy (non-hydrogen) atoms. The Kier molecular flexibility index (Phi) is 23.9. The molecule has 2 aromatic rings. The van der Waals surface area contributed by atoms with Crippen LogP contribution < -0.4 is 48.7 Å². The van der Waals surface area contributed by atoms with Crippen LogP contribution in [0.3, 0.4) is 0 Å². The van der Waals surface area contributed by atoms with Gasteiger partial charge in [-0.15, -0.1) is 0 Å². The summed E-state index contributed by atoms with van der Waals surface area (Å²) >= 11 is 0. The summed E-state index contributed by atoms with van der Waals surface area (Å²) in [6.45, 7) is 4.59. The van der Waals surface area contributed by atoms with Crippen molar-refractivity contribution in [3.05, 3.63) is 71.8 Å². The van der Waals surface area contributed by atoms with Gasteiger partial charge in [0.25, 0.3) is 0 Å². The second-order valence-corrected chi connectivity index (χ2v) is 18.2. The number of hydrogen-bond donors (Lipinski definition) is 13. The van der Waals surface area contributed by atoms with Crippen LogP contribution in [0.4, 0.5) is 0 Å². The van der Waals surface area contributed by atoms with E-state index in [1.807, 2.05) is 0 Å². The van der Waals surface area contributed by atoms with Gasteiger partial charge in [-0.1, -0.05) is 88.4 Å². The number of carbonyl (C=O) groups is 11. The van der Waals surface area contributed by atoms with E-state index >= 15 is 0 Å². The van der Waals surface area contributed by atoms with Gasteiger partial charge in [0.05, 0.1) is 19.6 Å². The van der Waals surface area contributed by atoms with Crippen LogP contribution in [-0.2, 0) is 65.6 Å². The number of aliphatic hydroxyl groups excluding tert-OH is 2. The van der Waals surface area contributed by atoms with Gasteiger partial charge in [0.1, 0.15) is 54.4 Å². The number of hydrogen-bond acceptors (Lipinski definition) is 14. The first-order chi connectivity index (χ1) is 34.5. The minimum absolute atomic E-state index is 0.0228. The molecule has 9 atom stereocenters. The molecule has 1 fully saturated rings. The van der Waals surface area contributed by atoms with E-state index in [1.165, 1.54) is 4.90 Å². The summed E-state index contributed by atoms with van der Waals surface area (Å²) in [6.07, 6.45) is -1.82. The van der Waals surface area contributed by atoms with Crippen molar-refractivity contribution >= 4 is 65.1 Å². The van der Waals surface area contributed by atoms with Crippen molar-refractivity contribution in [2.45, 2.75) is 127 Å². The molecule has 0 unspecified atom stereocenters. The van der Waals surface area contributed by atoms with Crippen molar-refractivity contribution in [1.82, 2.24) is 42.1 Å². The first kappa shape index (κ1) is 59.8. The third kappa shape index (κ3) is 18.9. The van der Waals surface area contributed by atoms with Gasteiger partial charge >= 0.3 is 11.9 Å². The van der Waals surface area contributed by atoms with Gasteiger partial charge in [0, 0.05) is 25.8 Å². The van der Waals surface area contributed by atoms with Crippen LogP contribution in [-0.4, -0.2) is 165 Å². The van der Waals surface area contributed by atoms with E-state index in [9.17, 15) is 73.2 Å². The van der Waals surface area contributed by atoms with Gasteiger partial charge in [0.2, 0.25) is 53.2 Å². The zero-order valence-corrected chi connectivity index (χ0v) is 41.1. The molecule has 0 aromatic heterocycles. The van der Waals surface area contributed by atoms with E-state index in [0.29, 0.717) is 17.5 Å². The average Bonchev–Trinajstić information content (AvgIpc) is 3.84. The van der Waals surface area contributed by atoms with E-state index < -0.39 is 164 Å². The average molecular weight is 1030 g/mol. The Labute approximate surface area is 421 Å². The maximum absolute atomic E-state index is 14.4. The quantitative estimate of drug-likeness (QED) is 0.0373. The van der Waals surface area contributed by atoms with Crippen LogP contribution in [0.25, 0.3) is 0 Å². The fourth-order valence-corrected chi connectivity index (χ4v) is 7.71. The minimum atomic E-state index is -1.88. The Bertz CT molecular complexity index is 2270. The molecule has 0 spiro atoms. The summed E-state index contributed by atoms with van der Waals surface area (Å²) in [7, 11) is 0. The molecular formula is C48H68N10O15. The highest BCUT2D eigenvalue weighted by Crippen LogP contribution is 2.22. The number of carboxylic acid groups (broad SMARTS) is 2. The second-order valence-electron chi connectivity index (χ2n) is 18.2. The number of nitrogens with one attached hydrogen (secondary N) is 7. The highest BCUT2D eigenvalue weighted by molar-refractivity contribution is 5.99. The summed E-state index contributed by atoms with van der Waals surface area (Å²) in [5.41, 5.74) is 12.1. The lowest BCUT2D eigenvalue weighted by Gasteiger charge is -2.32. The first-order valence-electron chi connectivity index (χ1n) is 23.7. The zero-order chi connectivity index (χ0) is 54.5. The molecule has 0 radical (unpaired) electrons. The van der Waals surface area contributed by atoms with Gasteiger partial charge in [0.15, 0.2) is 0 Å². The molecule has 0 bridgehead atoms. The van der Waals surface area contributed by atoms with E-state index in [2.05, 4.69) is 37.2 Å². The number of aliphatic carboxylic acids is 2. The predicted molar refractivity (Wildman–Crippen MR) is 259 cm³/mol. The number of amides is 9. The Morgan fingerprint density at radius 1 is 0.589 bits per heavy atom. The molecular weight excluding hydrogens is 957 g/mol. The van der Waals surface area contributed by atoms with Crippen LogP contribution in [0.15, 0.2) is 60.7 Å². The Morgan fingerprint density at radius 3 is 1.52 bits per heavy atom. The largest absolute Gasteiger partial charge is 0.481 e. The van der Waals surface area contributed by atoms with Crippen molar-refractivity contribution in [2.24, 2.45) is 23.3 Å². The number of likely N-dealkylation sites (tertiary alicyclic amines) is 1. The van der Waals surface area contributed by atoms with E-state index in [0.717, 1.165) is 0 Å². The number of aliphatic hydroxyl groups is 2. The zero-order valence-electron chi connectivity index (χ0n) is 41.1. The van der Waals surface area contributed by atoms with Crippen molar-refractivity contribution in [2.75, 3.05) is 19.8 Å². The second kappa shape index (κ2) is 29.1. The number of benzene rings is 2. The highest BCUT2D eigenvalue weighted by atomic mass is 16.4. The molecule has 0 saturated carbocycles. The third-order valence-electron chi connectivity index (χ3n) is 11.8. The Balaban J connectivity index is 1.86. The number of carboxylic acids is 2. The van der Waals surface area contributed by atoms with Crippen molar-refractivity contribution in [3.63, 3.8) is 0 Å². The van der Waals surface area contributed by atoms with Crippen molar-refractivity contribution in [3.8, 4) is 0 Å². The standard InChI is InChI=1S/C48H68N10O15/c1-25(2)38(47(71)58-19-11-16-35(58)46(70)54-32(21-28-14-9-6-10-15-28)43(67)55-34(24-60)45(69)57-39(26(3)4)48(72)73)56-41(65)30(17-18-36(50)61)51-44(68)33(22-37(62)63)53-42(66)31(52-40(64)29(49)23-59)20-27-12-7-5-8-13-27/h5-10,12-15,25-26,29-35,38-39,59-60H,11,16-24,49H2,1-4H3,(H2,50,61)(H,51,68)(H,52,64)(H,53,66)(H,54,70)(H,55,67)(H,56,65)(H,57,69)(H,62,63)(H,72,73)/t29-,30-,31-,32-,33-,34-,35-,38-,39-/m0/s1. The number of nitrogens with zero attached hydrogens (tertiary/aromatic N) is 1. The predicted octanol–water partition coefficient (Wildman–Crippen LogP) is -3.69. The molecule has 15 N–H and O–H groups in total. The summed E-state index contributed by atoms with van der Waals surface area (Å²) in [6, 6.07) is 3.39. The molecule has 1 saturated heterocycles. The number of nitrogens with two attached hydrogens (primary N) is 2. The molecule has 9 amide bonds. The number of carbonyl (C=O) groups excluding carboxylic acids is 9. The molecule has 25 heteroatoms. The summed E-state index contributed by atoms with van der Waals surface area (Å²) in [5, 5.41) is 55.7. The van der Waals surface area contributed by atoms with Crippen molar-refractivity contribution < 1.29 is 73.2 Å². The fraction of sp³-hybridized carbons (Fsp3) is 0.521. The molecule has 1 aliphatic rings. The maximum atomic E-state index is 14.4. The number of primary amides is 1. The third-order valence-corrected chi connectivity index (χ3v) is 11.8. The SMILES string of the molecule is CC(C)[C@H](NC(=O)[C@H](CO)NC(=O)[C@H](Cc1ccccc1)NC(=O)[C@@H]1CCCN1C(=O)[C@@H](NC(=O)[C@H](CCC(N)=O)NC(=O)[C@H](CC(=O)O)NC(=O)[C@H](Cc1ccccc1)NC(=O)[C@@H](N)CO)C(C)C)C(=O)O. The Hall–Kier alpha value is -7.51. The lowest BCUT2D eigenvalue weighted by molar-refractivity contribution is -0.144. The fourth-order valence-electron chi connectivity index (χ4n) is 7.71. The smallest absolute Gasteiger partial charge is 0.326 e. The van der Waals surface area contributed by atoms with Gasteiger partial charge in [-0.05, 0) is 42.2 Å². The molecule has 400 valence electrons. The minimum Gasteiger partial charge on any atom is -0.481 e. The van der Waals surface area contributed by atoms with Crippen LogP contribution in [0, 0.1) is 11.8 Å². The van der Waals surface area contributed by atoms with E-state index in [-0.39, 0.29) is 25.8 Å². The lowest BCUT2D eigenvalue weighted by Crippen LogP contribution is -2.61. The van der Waals surface area contributed by atoms with Crippen LogP contribution in [0.2, 0.25) is 0 Å². The molecule has 25 nitrogen and oxygen atoms in total. The molecule has 1 aliphatic heterocycles. The van der Waals surface area contributed by atoms with E-state index in [4.69, 9.17) is 11.5 Å². The molecule has 2 aromatic carbocycles. The summed E-state index contributed by atoms with van der Waals surface area (Å²) in [5.74, 6) is -12.6. The summed E-state index contributed by atoms with van der Waals surface area (Å²) < 4.78 is 0. The monoisotopic (exact) mass is 1020 g/mol. The highest BCUT2D eigenvalue weighted by Gasteiger charge is 2.41. The van der Waals surface area contributed by atoms with Crippen molar-refractivity contribution in [1.29, 1.82) is 0 Å². The molecule has 1 heterocycles. The topological polar surface area (TPSA) is 408 Å². The molecule has 0 aliphatic carbocycles. The molecule has 3 rings (SSSR count). The van der Waals surface area contributed by atoms with Crippen LogP contribution in [0.5, 0.6) is 0 Å². The van der Waals surface area contributed by atoms with Gasteiger partial charge in [-0.2, -0.15) is 0 Å².